The minimum atomic E-state index is 0.750. The van der Waals surface area contributed by atoms with Crippen molar-refractivity contribution in [1.82, 2.24) is 0 Å². The summed E-state index contributed by atoms with van der Waals surface area (Å²) in [4.78, 5) is 19.7. The Labute approximate surface area is 114 Å². The van der Waals surface area contributed by atoms with E-state index in [1.807, 2.05) is 0 Å². The van der Waals surface area contributed by atoms with Gasteiger partial charge in [0, 0.05) is 12.8 Å². The SMILES string of the molecule is CCCCCCC=O.CCCCCCCCC=O. The summed E-state index contributed by atoms with van der Waals surface area (Å²) in [5.41, 5.74) is 0. The van der Waals surface area contributed by atoms with Crippen molar-refractivity contribution in [2.24, 2.45) is 0 Å². The zero-order valence-corrected chi connectivity index (χ0v) is 12.5. The highest BCUT2D eigenvalue weighted by Crippen LogP contribution is 2.05. The van der Waals surface area contributed by atoms with Crippen molar-refractivity contribution in [2.45, 2.75) is 90.9 Å². The molecule has 0 saturated heterocycles. The summed E-state index contributed by atoms with van der Waals surface area (Å²) in [7, 11) is 0. The van der Waals surface area contributed by atoms with E-state index in [4.69, 9.17) is 0 Å². The second-order valence-electron chi connectivity index (χ2n) is 4.74. The number of aldehydes is 2. The number of carbonyl (C=O) groups is 2. The third-order valence-electron chi connectivity index (χ3n) is 2.85. The molecule has 0 fully saturated rings. The molecule has 0 aliphatic rings. The van der Waals surface area contributed by atoms with E-state index < -0.39 is 0 Å². The summed E-state index contributed by atoms with van der Waals surface area (Å²) in [6.45, 7) is 4.38. The second kappa shape index (κ2) is 21.6. The molecule has 0 unspecified atom stereocenters. The maximum atomic E-state index is 9.89. The van der Waals surface area contributed by atoms with Gasteiger partial charge in [-0.25, -0.2) is 0 Å². The molecule has 0 amide bonds. The van der Waals surface area contributed by atoms with Gasteiger partial charge in [0.1, 0.15) is 12.6 Å². The highest BCUT2D eigenvalue weighted by molar-refractivity contribution is 5.49. The molecule has 0 aromatic carbocycles. The molecule has 2 nitrogen and oxygen atoms in total. The van der Waals surface area contributed by atoms with Crippen molar-refractivity contribution < 1.29 is 9.59 Å². The van der Waals surface area contributed by atoms with Crippen LogP contribution in [0.1, 0.15) is 90.9 Å². The van der Waals surface area contributed by atoms with Crippen LogP contribution in [0.25, 0.3) is 0 Å². The summed E-state index contributed by atoms with van der Waals surface area (Å²) in [6.07, 6.45) is 16.0. The van der Waals surface area contributed by atoms with Crippen LogP contribution in [0.15, 0.2) is 0 Å². The summed E-state index contributed by atoms with van der Waals surface area (Å²) in [5, 5.41) is 0. The van der Waals surface area contributed by atoms with Crippen LogP contribution in [-0.2, 0) is 9.59 Å². The predicted octanol–water partition coefficient (Wildman–Crippen LogP) is 5.09. The van der Waals surface area contributed by atoms with E-state index in [0.717, 1.165) is 38.3 Å². The van der Waals surface area contributed by atoms with Crippen LogP contribution in [0.3, 0.4) is 0 Å². The molecule has 0 heterocycles. The van der Waals surface area contributed by atoms with Crippen molar-refractivity contribution in [3.63, 3.8) is 0 Å². The van der Waals surface area contributed by atoms with E-state index in [0.29, 0.717) is 0 Å². The summed E-state index contributed by atoms with van der Waals surface area (Å²) in [6, 6.07) is 0. The molecule has 0 atom stereocenters. The summed E-state index contributed by atoms with van der Waals surface area (Å²) in [5.74, 6) is 0. The summed E-state index contributed by atoms with van der Waals surface area (Å²) < 4.78 is 0. The van der Waals surface area contributed by atoms with E-state index in [1.54, 1.807) is 0 Å². The highest BCUT2D eigenvalue weighted by Gasteiger charge is 1.87. The van der Waals surface area contributed by atoms with Crippen LogP contribution >= 0.6 is 0 Å². The van der Waals surface area contributed by atoms with Gasteiger partial charge in [0.2, 0.25) is 0 Å². The lowest BCUT2D eigenvalue weighted by atomic mass is 10.1. The van der Waals surface area contributed by atoms with Crippen molar-refractivity contribution in [2.75, 3.05) is 0 Å². The van der Waals surface area contributed by atoms with Gasteiger partial charge in [-0.2, -0.15) is 0 Å². The zero-order valence-electron chi connectivity index (χ0n) is 12.5. The quantitative estimate of drug-likeness (QED) is 0.360. The lowest BCUT2D eigenvalue weighted by Gasteiger charge is -1.95. The number of hydrogen-bond donors (Lipinski definition) is 0. The fourth-order valence-corrected chi connectivity index (χ4v) is 1.66. The van der Waals surface area contributed by atoms with Crippen LogP contribution in [-0.4, -0.2) is 12.6 Å². The van der Waals surface area contributed by atoms with Crippen molar-refractivity contribution in [3.05, 3.63) is 0 Å². The number of rotatable bonds is 12. The lowest BCUT2D eigenvalue weighted by Crippen LogP contribution is -1.79. The normalized spacial score (nSPS) is 9.44. The molecule has 0 aliphatic carbocycles. The molecule has 0 spiro atoms. The molecule has 2 heteroatoms. The fourth-order valence-electron chi connectivity index (χ4n) is 1.66. The molecule has 0 aromatic rings. The molecule has 0 bridgehead atoms. The average molecular weight is 256 g/mol. The standard InChI is InChI=1S/C9H18O.C7H14O/c1-2-3-4-5-6-7-8-9-10;1-2-3-4-5-6-7-8/h9H,2-8H2,1H3;7H,2-6H2,1H3. The highest BCUT2D eigenvalue weighted by atomic mass is 16.1. The van der Waals surface area contributed by atoms with E-state index >= 15 is 0 Å². The Morgan fingerprint density at radius 2 is 0.889 bits per heavy atom. The average Bonchev–Trinajstić information content (AvgIpc) is 2.40. The molecule has 18 heavy (non-hydrogen) atoms. The molecule has 0 aliphatic heterocycles. The first-order chi connectivity index (χ1) is 8.83. The molecular weight excluding hydrogens is 224 g/mol. The van der Waals surface area contributed by atoms with Gasteiger partial charge < -0.3 is 9.59 Å². The van der Waals surface area contributed by atoms with Gasteiger partial charge >= 0.3 is 0 Å². The molecule has 108 valence electrons. The third kappa shape index (κ3) is 24.5. The van der Waals surface area contributed by atoms with Gasteiger partial charge in [0.05, 0.1) is 0 Å². The lowest BCUT2D eigenvalue weighted by molar-refractivity contribution is -0.108. The van der Waals surface area contributed by atoms with Gasteiger partial charge in [-0.1, -0.05) is 65.2 Å². The second-order valence-corrected chi connectivity index (χ2v) is 4.74. The molecule has 0 saturated carbocycles. The first kappa shape index (κ1) is 19.7. The molecule has 0 rings (SSSR count). The van der Waals surface area contributed by atoms with Crippen LogP contribution in [0.5, 0.6) is 0 Å². The topological polar surface area (TPSA) is 34.1 Å². The van der Waals surface area contributed by atoms with E-state index in [2.05, 4.69) is 13.8 Å². The monoisotopic (exact) mass is 256 g/mol. The number of hydrogen-bond acceptors (Lipinski definition) is 2. The smallest absolute Gasteiger partial charge is 0.119 e. The predicted molar refractivity (Wildman–Crippen MR) is 78.9 cm³/mol. The maximum Gasteiger partial charge on any atom is 0.119 e. The van der Waals surface area contributed by atoms with Crippen molar-refractivity contribution in [3.8, 4) is 0 Å². The zero-order chi connectivity index (χ0) is 13.9. The first-order valence-electron chi connectivity index (χ1n) is 7.70. The van der Waals surface area contributed by atoms with Gasteiger partial charge in [-0.3, -0.25) is 0 Å². The molecule has 0 N–H and O–H groups in total. The van der Waals surface area contributed by atoms with Crippen LogP contribution < -0.4 is 0 Å². The maximum absolute atomic E-state index is 9.89. The Balaban J connectivity index is 0. The van der Waals surface area contributed by atoms with Gasteiger partial charge in [-0.05, 0) is 12.8 Å². The van der Waals surface area contributed by atoms with Gasteiger partial charge in [-0.15, -0.1) is 0 Å². The fraction of sp³-hybridized carbons (Fsp3) is 0.875. The van der Waals surface area contributed by atoms with Crippen LogP contribution in [0, 0.1) is 0 Å². The Kier molecular flexibility index (Phi) is 23.6. The van der Waals surface area contributed by atoms with E-state index in [-0.39, 0.29) is 0 Å². The van der Waals surface area contributed by atoms with E-state index in [1.165, 1.54) is 51.4 Å². The molecule has 0 aromatic heterocycles. The minimum Gasteiger partial charge on any atom is -0.303 e. The molecular formula is C16H32O2. The van der Waals surface area contributed by atoms with Crippen LogP contribution in [0.2, 0.25) is 0 Å². The Morgan fingerprint density at radius 1 is 0.556 bits per heavy atom. The summed E-state index contributed by atoms with van der Waals surface area (Å²) >= 11 is 0. The molecule has 0 radical (unpaired) electrons. The third-order valence-corrected chi connectivity index (χ3v) is 2.85. The van der Waals surface area contributed by atoms with Gasteiger partial charge in [0.15, 0.2) is 0 Å². The van der Waals surface area contributed by atoms with Crippen molar-refractivity contribution in [1.29, 1.82) is 0 Å². The minimum absolute atomic E-state index is 0.750. The largest absolute Gasteiger partial charge is 0.303 e. The Bertz CT molecular complexity index is 155. The van der Waals surface area contributed by atoms with E-state index in [9.17, 15) is 9.59 Å². The van der Waals surface area contributed by atoms with Crippen LogP contribution in [0.4, 0.5) is 0 Å². The Hall–Kier alpha value is -0.660. The Morgan fingerprint density at radius 3 is 1.28 bits per heavy atom. The number of unbranched alkanes of at least 4 members (excludes halogenated alkanes) is 10. The van der Waals surface area contributed by atoms with Crippen molar-refractivity contribution >= 4 is 12.6 Å². The first-order valence-corrected chi connectivity index (χ1v) is 7.70. The number of carbonyl (C=O) groups excluding carboxylic acids is 2. The van der Waals surface area contributed by atoms with Gasteiger partial charge in [0.25, 0.3) is 0 Å².